The van der Waals surface area contributed by atoms with Gasteiger partial charge < -0.3 is 4.74 Å². The topological polar surface area (TPSA) is 26.3 Å². The summed E-state index contributed by atoms with van der Waals surface area (Å²) in [4.78, 5) is 11.5. The third kappa shape index (κ3) is 3.30. The Bertz CT molecular complexity index is 636. The van der Waals surface area contributed by atoms with Gasteiger partial charge in [-0.1, -0.05) is 29.3 Å². The van der Waals surface area contributed by atoms with Crippen molar-refractivity contribution >= 4 is 29.0 Å². The molecule has 0 aliphatic rings. The van der Waals surface area contributed by atoms with Gasteiger partial charge in [0.1, 0.15) is 18.2 Å². The fourth-order valence-electron chi connectivity index (χ4n) is 1.72. The molecule has 0 heterocycles. The molecule has 2 aromatic rings. The lowest BCUT2D eigenvalue weighted by atomic mass is 10.1. The van der Waals surface area contributed by atoms with Crippen molar-refractivity contribution in [1.82, 2.24) is 0 Å². The highest BCUT2D eigenvalue weighted by atomic mass is 35.5. The Hall–Kier alpha value is -1.58. The summed E-state index contributed by atoms with van der Waals surface area (Å²) in [6.45, 7) is 1.35. The van der Waals surface area contributed by atoms with Crippen LogP contribution in [0.5, 0.6) is 5.75 Å². The van der Waals surface area contributed by atoms with Crippen LogP contribution in [0.1, 0.15) is 22.8 Å². The van der Waals surface area contributed by atoms with Crippen LogP contribution in [-0.4, -0.2) is 5.78 Å². The molecule has 0 aliphatic heterocycles. The molecule has 0 unspecified atom stereocenters. The van der Waals surface area contributed by atoms with Crippen molar-refractivity contribution in [3.05, 3.63) is 63.4 Å². The molecule has 0 saturated carbocycles. The molecule has 0 aliphatic carbocycles. The van der Waals surface area contributed by atoms with Crippen molar-refractivity contribution in [3.8, 4) is 5.75 Å². The summed E-state index contributed by atoms with van der Waals surface area (Å²) in [7, 11) is 0. The fourth-order valence-corrected chi connectivity index (χ4v) is 2.11. The predicted molar refractivity (Wildman–Crippen MR) is 77.2 cm³/mol. The van der Waals surface area contributed by atoms with Crippen molar-refractivity contribution in [3.63, 3.8) is 0 Å². The Labute approximate surface area is 126 Å². The van der Waals surface area contributed by atoms with Gasteiger partial charge in [0.15, 0.2) is 5.78 Å². The van der Waals surface area contributed by atoms with Crippen molar-refractivity contribution in [2.24, 2.45) is 0 Å². The highest BCUT2D eigenvalue weighted by molar-refractivity contribution is 6.31. The van der Waals surface area contributed by atoms with Crippen LogP contribution in [0.3, 0.4) is 0 Å². The van der Waals surface area contributed by atoms with Gasteiger partial charge >= 0.3 is 0 Å². The van der Waals surface area contributed by atoms with Crippen LogP contribution >= 0.6 is 23.2 Å². The van der Waals surface area contributed by atoms with Crippen molar-refractivity contribution < 1.29 is 13.9 Å². The molecule has 0 atom stereocenters. The van der Waals surface area contributed by atoms with Crippen LogP contribution in [-0.2, 0) is 6.61 Å². The second-order valence-corrected chi connectivity index (χ2v) is 5.03. The number of carbonyl (C=O) groups is 1. The molecule has 0 saturated heterocycles. The van der Waals surface area contributed by atoms with E-state index in [-0.39, 0.29) is 23.0 Å². The summed E-state index contributed by atoms with van der Waals surface area (Å²) in [5.41, 5.74) is 0.601. The lowest BCUT2D eigenvalue weighted by Gasteiger charge is -2.11. The zero-order valence-corrected chi connectivity index (χ0v) is 12.1. The van der Waals surface area contributed by atoms with Crippen LogP contribution < -0.4 is 4.74 Å². The summed E-state index contributed by atoms with van der Waals surface area (Å²) in [6.07, 6.45) is 0. The number of benzene rings is 2. The summed E-state index contributed by atoms with van der Waals surface area (Å²) >= 11 is 11.8. The lowest BCUT2D eigenvalue weighted by molar-refractivity contribution is 0.101. The van der Waals surface area contributed by atoms with E-state index < -0.39 is 5.82 Å². The zero-order chi connectivity index (χ0) is 14.7. The highest BCUT2D eigenvalue weighted by Gasteiger charge is 2.12. The molecule has 0 aromatic heterocycles. The zero-order valence-electron chi connectivity index (χ0n) is 10.6. The van der Waals surface area contributed by atoms with E-state index in [1.165, 1.54) is 25.1 Å². The van der Waals surface area contributed by atoms with Gasteiger partial charge in [0.05, 0.1) is 10.6 Å². The number of hydrogen-bond donors (Lipinski definition) is 0. The highest BCUT2D eigenvalue weighted by Crippen LogP contribution is 2.26. The van der Waals surface area contributed by atoms with Gasteiger partial charge in [-0.2, -0.15) is 0 Å². The molecule has 0 fully saturated rings. The Balaban J connectivity index is 2.25. The second-order valence-electron chi connectivity index (χ2n) is 4.19. The standard InChI is InChI=1S/C15H11Cl2FO2/c1-9(19)11-7-10(16)5-6-15(11)20-8-12-13(17)3-2-4-14(12)18/h2-7H,8H2,1H3. The fraction of sp³-hybridized carbons (Fsp3) is 0.133. The minimum absolute atomic E-state index is 0.0621. The normalized spacial score (nSPS) is 10.4. The first kappa shape index (κ1) is 14.8. The predicted octanol–water partition coefficient (Wildman–Crippen LogP) is 4.91. The van der Waals surface area contributed by atoms with Gasteiger partial charge in [-0.25, -0.2) is 4.39 Å². The van der Waals surface area contributed by atoms with E-state index in [4.69, 9.17) is 27.9 Å². The second kappa shape index (κ2) is 6.25. The largest absolute Gasteiger partial charge is 0.488 e. The first-order valence-corrected chi connectivity index (χ1v) is 6.61. The van der Waals surface area contributed by atoms with E-state index in [0.29, 0.717) is 16.3 Å². The number of Topliss-reactive ketones (excluding diaryl/α,β-unsaturated/α-hetero) is 1. The van der Waals surface area contributed by atoms with E-state index in [9.17, 15) is 9.18 Å². The molecular formula is C15H11Cl2FO2. The van der Waals surface area contributed by atoms with Crippen LogP contribution in [0.15, 0.2) is 36.4 Å². The maximum Gasteiger partial charge on any atom is 0.163 e. The lowest BCUT2D eigenvalue weighted by Crippen LogP contribution is -2.03. The summed E-state index contributed by atoms with van der Waals surface area (Å²) in [6, 6.07) is 9.10. The molecule has 2 aromatic carbocycles. The Morgan fingerprint density at radius 1 is 1.25 bits per heavy atom. The minimum Gasteiger partial charge on any atom is -0.488 e. The Morgan fingerprint density at radius 2 is 2.00 bits per heavy atom. The van der Waals surface area contributed by atoms with Crippen LogP contribution in [0.4, 0.5) is 4.39 Å². The minimum atomic E-state index is -0.448. The number of rotatable bonds is 4. The molecule has 5 heteroatoms. The van der Waals surface area contributed by atoms with Crippen molar-refractivity contribution in [2.45, 2.75) is 13.5 Å². The molecule has 0 radical (unpaired) electrons. The average Bonchev–Trinajstić information content (AvgIpc) is 2.39. The number of ketones is 1. The molecule has 20 heavy (non-hydrogen) atoms. The van der Waals surface area contributed by atoms with Gasteiger partial charge in [-0.05, 0) is 37.3 Å². The molecule has 0 bridgehead atoms. The smallest absolute Gasteiger partial charge is 0.163 e. The monoisotopic (exact) mass is 312 g/mol. The van der Waals surface area contributed by atoms with E-state index in [1.54, 1.807) is 18.2 Å². The first-order chi connectivity index (χ1) is 9.49. The first-order valence-electron chi connectivity index (χ1n) is 5.85. The van der Waals surface area contributed by atoms with Gasteiger partial charge in [-0.3, -0.25) is 4.79 Å². The quantitative estimate of drug-likeness (QED) is 0.749. The Kier molecular flexibility index (Phi) is 4.63. The number of halogens is 3. The van der Waals surface area contributed by atoms with Gasteiger partial charge in [0, 0.05) is 10.6 Å². The summed E-state index contributed by atoms with van der Waals surface area (Å²) in [5.74, 6) is -0.279. The SMILES string of the molecule is CC(=O)c1cc(Cl)ccc1OCc1c(F)cccc1Cl. The summed E-state index contributed by atoms with van der Waals surface area (Å²) < 4.78 is 19.1. The van der Waals surface area contributed by atoms with E-state index in [2.05, 4.69) is 0 Å². The molecule has 0 N–H and O–H groups in total. The third-order valence-corrected chi connectivity index (χ3v) is 3.34. The molecular weight excluding hydrogens is 302 g/mol. The molecule has 0 amide bonds. The van der Waals surface area contributed by atoms with Crippen LogP contribution in [0.25, 0.3) is 0 Å². The van der Waals surface area contributed by atoms with Crippen molar-refractivity contribution in [1.29, 1.82) is 0 Å². The van der Waals surface area contributed by atoms with Crippen LogP contribution in [0, 0.1) is 5.82 Å². The number of ether oxygens (including phenoxy) is 1. The molecule has 2 rings (SSSR count). The summed E-state index contributed by atoms with van der Waals surface area (Å²) in [5, 5.41) is 0.717. The van der Waals surface area contributed by atoms with Gasteiger partial charge in [-0.15, -0.1) is 0 Å². The van der Waals surface area contributed by atoms with Gasteiger partial charge in [0.25, 0.3) is 0 Å². The van der Waals surface area contributed by atoms with Crippen molar-refractivity contribution in [2.75, 3.05) is 0 Å². The number of carbonyl (C=O) groups excluding carboxylic acids is 1. The Morgan fingerprint density at radius 3 is 2.65 bits per heavy atom. The third-order valence-electron chi connectivity index (χ3n) is 2.75. The maximum atomic E-state index is 13.6. The number of hydrogen-bond acceptors (Lipinski definition) is 2. The van der Waals surface area contributed by atoms with E-state index in [0.717, 1.165) is 0 Å². The molecule has 0 spiro atoms. The average molecular weight is 313 g/mol. The molecule has 104 valence electrons. The van der Waals surface area contributed by atoms with E-state index in [1.807, 2.05) is 0 Å². The van der Waals surface area contributed by atoms with E-state index >= 15 is 0 Å². The maximum absolute atomic E-state index is 13.6. The van der Waals surface area contributed by atoms with Gasteiger partial charge in [0.2, 0.25) is 0 Å². The molecule has 2 nitrogen and oxygen atoms in total. The van der Waals surface area contributed by atoms with Crippen LogP contribution in [0.2, 0.25) is 10.0 Å².